The lowest BCUT2D eigenvalue weighted by molar-refractivity contribution is -0.128. The zero-order valence-corrected chi connectivity index (χ0v) is 17.2. The molecule has 0 unspecified atom stereocenters. The van der Waals surface area contributed by atoms with E-state index in [1.165, 1.54) is 17.8 Å². The van der Waals surface area contributed by atoms with Gasteiger partial charge in [-0.15, -0.1) is 22.0 Å². The number of halogens is 1. The van der Waals surface area contributed by atoms with Crippen molar-refractivity contribution < 1.29 is 23.1 Å². The lowest BCUT2D eigenvalue weighted by atomic mass is 10.2. The molecule has 1 amide bonds. The zero-order valence-electron chi connectivity index (χ0n) is 15.6. The molecule has 3 heterocycles. The van der Waals surface area contributed by atoms with Crippen LogP contribution >= 0.6 is 23.5 Å². The predicted octanol–water partition coefficient (Wildman–Crippen LogP) is 3.97. The van der Waals surface area contributed by atoms with E-state index in [1.54, 1.807) is 53.1 Å². The second-order valence-corrected chi connectivity index (χ2v) is 8.68. The third-order valence-corrected chi connectivity index (χ3v) is 6.77. The number of rotatable bonds is 5. The van der Waals surface area contributed by atoms with Gasteiger partial charge in [0.1, 0.15) is 11.2 Å². The monoisotopic (exact) mass is 445 g/mol. The van der Waals surface area contributed by atoms with Gasteiger partial charge in [0.15, 0.2) is 11.5 Å². The molecule has 1 saturated heterocycles. The van der Waals surface area contributed by atoms with Crippen LogP contribution in [0.25, 0.3) is 11.5 Å². The topological polar surface area (TPSA) is 77.7 Å². The number of carbonyl (C=O) groups is 1. The summed E-state index contributed by atoms with van der Waals surface area (Å²) < 4.78 is 30.5. The lowest BCUT2D eigenvalue weighted by Gasteiger charge is -2.24. The average molecular weight is 445 g/mol. The number of amides is 1. The minimum atomic E-state index is -0.314. The lowest BCUT2D eigenvalue weighted by Crippen LogP contribution is -2.32. The summed E-state index contributed by atoms with van der Waals surface area (Å²) in [5.41, 5.74) is 1.24. The van der Waals surface area contributed by atoms with Gasteiger partial charge in [-0.25, -0.2) is 4.39 Å². The Labute approximate surface area is 179 Å². The molecule has 1 aromatic heterocycles. The van der Waals surface area contributed by atoms with Crippen LogP contribution < -0.4 is 9.47 Å². The maximum absolute atomic E-state index is 14.2. The van der Waals surface area contributed by atoms with E-state index in [0.29, 0.717) is 40.3 Å². The van der Waals surface area contributed by atoms with Crippen molar-refractivity contribution in [3.63, 3.8) is 0 Å². The SMILES string of the molecule is O=C(CSc1nnc(-c2ccc3c(c2)OCO3)o1)N1CCS[C@H]1c1ccccc1F. The first-order valence-corrected chi connectivity index (χ1v) is 11.2. The highest BCUT2D eigenvalue weighted by Crippen LogP contribution is 2.40. The number of benzene rings is 2. The van der Waals surface area contributed by atoms with Crippen LogP contribution in [0.1, 0.15) is 10.9 Å². The Morgan fingerprint density at radius 3 is 2.97 bits per heavy atom. The summed E-state index contributed by atoms with van der Waals surface area (Å²) in [6.07, 6.45) is 0. The van der Waals surface area contributed by atoms with Gasteiger partial charge in [-0.05, 0) is 24.3 Å². The van der Waals surface area contributed by atoms with Crippen LogP contribution in [0.2, 0.25) is 0 Å². The van der Waals surface area contributed by atoms with E-state index in [-0.39, 0.29) is 29.6 Å². The van der Waals surface area contributed by atoms with E-state index in [0.717, 1.165) is 5.75 Å². The van der Waals surface area contributed by atoms with Crippen LogP contribution in [0.4, 0.5) is 4.39 Å². The first-order valence-electron chi connectivity index (χ1n) is 9.21. The third-order valence-electron chi connectivity index (χ3n) is 4.73. The molecular formula is C20H16FN3O4S2. The van der Waals surface area contributed by atoms with Gasteiger partial charge < -0.3 is 18.8 Å². The van der Waals surface area contributed by atoms with Crippen molar-refractivity contribution in [3.05, 3.63) is 53.8 Å². The number of aromatic nitrogens is 2. The molecule has 2 aliphatic rings. The van der Waals surface area contributed by atoms with Gasteiger partial charge in [0.2, 0.25) is 18.6 Å². The van der Waals surface area contributed by atoms with Crippen molar-refractivity contribution in [1.29, 1.82) is 0 Å². The molecular weight excluding hydrogens is 429 g/mol. The van der Waals surface area contributed by atoms with Crippen LogP contribution in [0.5, 0.6) is 11.5 Å². The van der Waals surface area contributed by atoms with Gasteiger partial charge in [0.25, 0.3) is 5.22 Å². The number of nitrogens with zero attached hydrogens (tertiary/aromatic N) is 3. The highest BCUT2D eigenvalue weighted by atomic mass is 32.2. The molecule has 2 aromatic carbocycles. The van der Waals surface area contributed by atoms with E-state index in [4.69, 9.17) is 13.9 Å². The Bertz CT molecular complexity index is 1090. The first-order chi connectivity index (χ1) is 14.7. The van der Waals surface area contributed by atoms with E-state index in [2.05, 4.69) is 10.2 Å². The van der Waals surface area contributed by atoms with Crippen molar-refractivity contribution >= 4 is 29.4 Å². The summed E-state index contributed by atoms with van der Waals surface area (Å²) in [6, 6.07) is 11.9. The molecule has 1 atom stereocenters. The van der Waals surface area contributed by atoms with Gasteiger partial charge in [-0.3, -0.25) is 4.79 Å². The molecule has 1 fully saturated rings. The fourth-order valence-electron chi connectivity index (χ4n) is 3.28. The molecule has 0 radical (unpaired) electrons. The number of ether oxygens (including phenoxy) is 2. The fourth-order valence-corrected chi connectivity index (χ4v) is 5.23. The number of fused-ring (bicyclic) bond motifs is 1. The van der Waals surface area contributed by atoms with Gasteiger partial charge in [0, 0.05) is 23.4 Å². The molecule has 0 saturated carbocycles. The second-order valence-electron chi connectivity index (χ2n) is 6.56. The van der Waals surface area contributed by atoms with Crippen molar-refractivity contribution in [2.75, 3.05) is 24.8 Å². The van der Waals surface area contributed by atoms with Gasteiger partial charge in [0.05, 0.1) is 5.75 Å². The first kappa shape index (κ1) is 19.3. The number of hydrogen-bond donors (Lipinski definition) is 0. The largest absolute Gasteiger partial charge is 0.454 e. The number of hydrogen-bond acceptors (Lipinski definition) is 8. The zero-order chi connectivity index (χ0) is 20.5. The number of carbonyl (C=O) groups excluding carboxylic acids is 1. The molecule has 0 bridgehead atoms. The molecule has 0 spiro atoms. The van der Waals surface area contributed by atoms with Gasteiger partial charge in [-0.1, -0.05) is 30.0 Å². The van der Waals surface area contributed by atoms with E-state index >= 15 is 0 Å². The van der Waals surface area contributed by atoms with Crippen molar-refractivity contribution in [3.8, 4) is 23.0 Å². The molecule has 7 nitrogen and oxygen atoms in total. The van der Waals surface area contributed by atoms with Crippen LogP contribution in [0.3, 0.4) is 0 Å². The van der Waals surface area contributed by atoms with Crippen molar-refractivity contribution in [1.82, 2.24) is 15.1 Å². The summed E-state index contributed by atoms with van der Waals surface area (Å²) in [5, 5.41) is 8.05. The second kappa shape index (κ2) is 8.19. The minimum Gasteiger partial charge on any atom is -0.454 e. The fraction of sp³-hybridized carbons (Fsp3) is 0.250. The van der Waals surface area contributed by atoms with Gasteiger partial charge >= 0.3 is 0 Å². The molecule has 10 heteroatoms. The summed E-state index contributed by atoms with van der Waals surface area (Å²) in [7, 11) is 0. The van der Waals surface area contributed by atoms with Gasteiger partial charge in [-0.2, -0.15) is 0 Å². The summed E-state index contributed by atoms with van der Waals surface area (Å²) in [4.78, 5) is 14.5. The van der Waals surface area contributed by atoms with Crippen LogP contribution in [-0.4, -0.2) is 45.8 Å². The molecule has 0 aliphatic carbocycles. The Kier molecular flexibility index (Phi) is 5.26. The molecule has 2 aliphatic heterocycles. The maximum atomic E-state index is 14.2. The Balaban J connectivity index is 1.24. The Morgan fingerprint density at radius 2 is 2.07 bits per heavy atom. The predicted molar refractivity (Wildman–Crippen MR) is 110 cm³/mol. The smallest absolute Gasteiger partial charge is 0.277 e. The van der Waals surface area contributed by atoms with Crippen molar-refractivity contribution in [2.24, 2.45) is 0 Å². The maximum Gasteiger partial charge on any atom is 0.277 e. The summed E-state index contributed by atoms with van der Waals surface area (Å²) in [6.45, 7) is 0.768. The molecule has 154 valence electrons. The van der Waals surface area contributed by atoms with E-state index in [1.807, 2.05) is 0 Å². The van der Waals surface area contributed by atoms with Crippen molar-refractivity contribution in [2.45, 2.75) is 10.6 Å². The Morgan fingerprint density at radius 1 is 1.20 bits per heavy atom. The molecule has 30 heavy (non-hydrogen) atoms. The minimum absolute atomic E-state index is 0.0962. The molecule has 3 aromatic rings. The normalized spacial score (nSPS) is 17.5. The summed E-state index contributed by atoms with van der Waals surface area (Å²) in [5.74, 6) is 2.14. The number of thioether (sulfide) groups is 2. The van der Waals surface area contributed by atoms with E-state index < -0.39 is 0 Å². The molecule has 0 N–H and O–H groups in total. The quantitative estimate of drug-likeness (QED) is 0.546. The third kappa shape index (κ3) is 3.72. The van der Waals surface area contributed by atoms with Crippen LogP contribution in [-0.2, 0) is 4.79 Å². The summed E-state index contributed by atoms with van der Waals surface area (Å²) >= 11 is 2.73. The highest BCUT2D eigenvalue weighted by molar-refractivity contribution is 8.00. The van der Waals surface area contributed by atoms with Crippen LogP contribution in [0, 0.1) is 5.82 Å². The van der Waals surface area contributed by atoms with E-state index in [9.17, 15) is 9.18 Å². The highest BCUT2D eigenvalue weighted by Gasteiger charge is 2.32. The average Bonchev–Trinajstić information content (AvgIpc) is 3.52. The molecule has 5 rings (SSSR count). The Hall–Kier alpha value is -2.72. The standard InChI is InChI=1S/C20H16FN3O4S2/c21-14-4-2-1-3-13(14)19-24(7-8-29-19)17(25)10-30-20-23-22-18(28-20)12-5-6-15-16(9-12)27-11-26-15/h1-6,9,19H,7-8,10-11H2/t19-/m0/s1. The van der Waals surface area contributed by atoms with Crippen LogP contribution in [0.15, 0.2) is 52.1 Å².